The Kier molecular flexibility index (Phi) is 8.74. The summed E-state index contributed by atoms with van der Waals surface area (Å²) in [6.45, 7) is 10.7. The van der Waals surface area contributed by atoms with E-state index >= 15 is 0 Å². The normalized spacial score (nSPS) is 13.7. The number of benzene rings is 2. The molecule has 1 unspecified atom stereocenters. The van der Waals surface area contributed by atoms with Crippen LogP contribution in [-0.4, -0.2) is 17.5 Å². The molecule has 0 fully saturated rings. The molecule has 0 aromatic heterocycles. The van der Waals surface area contributed by atoms with Crippen molar-refractivity contribution in [2.24, 2.45) is 5.92 Å². The van der Waals surface area contributed by atoms with Crippen LogP contribution >= 0.6 is 31.9 Å². The van der Waals surface area contributed by atoms with Crippen molar-refractivity contribution >= 4 is 31.9 Å². The molecular formula is C24H30Br2N2. The topological polar surface area (TPSA) is 27.0 Å². The molecule has 1 atom stereocenters. The van der Waals surface area contributed by atoms with Crippen LogP contribution in [0, 0.1) is 17.2 Å². The SMILES string of the molecule is CC(C)N(CCCC(C#N)(c1ccc(Br)c(Br)c1)C(C)C)Cc1ccccc1. The van der Waals surface area contributed by atoms with Gasteiger partial charge >= 0.3 is 0 Å². The maximum Gasteiger partial charge on any atom is 0.0846 e. The Balaban J connectivity index is 2.14. The summed E-state index contributed by atoms with van der Waals surface area (Å²) in [7, 11) is 0. The molecule has 2 aromatic rings. The minimum atomic E-state index is -0.474. The number of nitrogens with zero attached hydrogens (tertiary/aromatic N) is 2. The second-order valence-electron chi connectivity index (χ2n) is 8.02. The van der Waals surface area contributed by atoms with E-state index < -0.39 is 5.41 Å². The predicted molar refractivity (Wildman–Crippen MR) is 125 cm³/mol. The molecule has 0 N–H and O–H groups in total. The number of hydrogen-bond acceptors (Lipinski definition) is 2. The Morgan fingerprint density at radius 2 is 1.68 bits per heavy atom. The smallest absolute Gasteiger partial charge is 0.0846 e. The van der Waals surface area contributed by atoms with Gasteiger partial charge in [-0.1, -0.05) is 50.2 Å². The highest BCUT2D eigenvalue weighted by atomic mass is 79.9. The molecule has 0 amide bonds. The van der Waals surface area contributed by atoms with Crippen LogP contribution in [0.15, 0.2) is 57.5 Å². The van der Waals surface area contributed by atoms with Crippen LogP contribution in [0.4, 0.5) is 0 Å². The Labute approximate surface area is 187 Å². The fraction of sp³-hybridized carbons (Fsp3) is 0.458. The van der Waals surface area contributed by atoms with Crippen molar-refractivity contribution in [3.05, 3.63) is 68.6 Å². The summed E-state index contributed by atoms with van der Waals surface area (Å²) in [5.74, 6) is 0.243. The van der Waals surface area contributed by atoms with Gasteiger partial charge in [0.25, 0.3) is 0 Å². The lowest BCUT2D eigenvalue weighted by molar-refractivity contribution is 0.199. The van der Waals surface area contributed by atoms with Gasteiger partial charge in [0.05, 0.1) is 11.5 Å². The van der Waals surface area contributed by atoms with Crippen molar-refractivity contribution in [1.82, 2.24) is 4.90 Å². The highest BCUT2D eigenvalue weighted by Gasteiger charge is 2.36. The van der Waals surface area contributed by atoms with E-state index in [9.17, 15) is 5.26 Å². The van der Waals surface area contributed by atoms with Crippen LogP contribution in [0.3, 0.4) is 0 Å². The molecule has 150 valence electrons. The minimum absolute atomic E-state index is 0.243. The molecule has 0 aliphatic carbocycles. The third-order valence-corrected chi connectivity index (χ3v) is 7.47. The zero-order chi connectivity index (χ0) is 20.7. The third kappa shape index (κ3) is 5.69. The number of halogens is 2. The summed E-state index contributed by atoms with van der Waals surface area (Å²) in [4.78, 5) is 2.50. The summed E-state index contributed by atoms with van der Waals surface area (Å²) < 4.78 is 2.01. The highest BCUT2D eigenvalue weighted by molar-refractivity contribution is 9.13. The molecule has 2 rings (SSSR count). The monoisotopic (exact) mass is 504 g/mol. The lowest BCUT2D eigenvalue weighted by atomic mass is 9.70. The molecule has 28 heavy (non-hydrogen) atoms. The molecule has 0 spiro atoms. The lowest BCUT2D eigenvalue weighted by Crippen LogP contribution is -2.35. The van der Waals surface area contributed by atoms with E-state index in [1.54, 1.807) is 0 Å². The maximum atomic E-state index is 10.2. The van der Waals surface area contributed by atoms with Crippen LogP contribution in [0.25, 0.3) is 0 Å². The molecule has 0 bridgehead atoms. The van der Waals surface area contributed by atoms with Crippen molar-refractivity contribution in [3.63, 3.8) is 0 Å². The highest BCUT2D eigenvalue weighted by Crippen LogP contribution is 2.39. The van der Waals surface area contributed by atoms with Crippen molar-refractivity contribution in [2.75, 3.05) is 6.54 Å². The van der Waals surface area contributed by atoms with Gasteiger partial charge in [-0.05, 0) is 94.3 Å². The van der Waals surface area contributed by atoms with Crippen LogP contribution < -0.4 is 0 Å². The summed E-state index contributed by atoms with van der Waals surface area (Å²) in [5, 5.41) is 10.2. The molecule has 2 aromatic carbocycles. The van der Waals surface area contributed by atoms with E-state index in [1.807, 2.05) is 6.07 Å². The molecule has 0 saturated heterocycles. The zero-order valence-corrected chi connectivity index (χ0v) is 20.4. The van der Waals surface area contributed by atoms with Gasteiger partial charge in [0.15, 0.2) is 0 Å². The van der Waals surface area contributed by atoms with E-state index in [0.717, 1.165) is 40.4 Å². The van der Waals surface area contributed by atoms with Gasteiger partial charge in [-0.2, -0.15) is 5.26 Å². The first-order valence-corrected chi connectivity index (χ1v) is 11.5. The lowest BCUT2D eigenvalue weighted by Gasteiger charge is -2.33. The van der Waals surface area contributed by atoms with Gasteiger partial charge in [-0.3, -0.25) is 4.90 Å². The molecule has 0 aliphatic rings. The molecule has 2 nitrogen and oxygen atoms in total. The average molecular weight is 506 g/mol. The number of hydrogen-bond donors (Lipinski definition) is 0. The largest absolute Gasteiger partial charge is 0.297 e. The van der Waals surface area contributed by atoms with Gasteiger partial charge in [0.1, 0.15) is 0 Å². The summed E-state index contributed by atoms with van der Waals surface area (Å²) in [6, 6.07) is 20.0. The van der Waals surface area contributed by atoms with Crippen molar-refractivity contribution in [1.29, 1.82) is 5.26 Å². The Morgan fingerprint density at radius 1 is 1.00 bits per heavy atom. The second-order valence-corrected chi connectivity index (χ2v) is 9.73. The van der Waals surface area contributed by atoms with Gasteiger partial charge < -0.3 is 0 Å². The molecule has 0 radical (unpaired) electrons. The van der Waals surface area contributed by atoms with Crippen molar-refractivity contribution < 1.29 is 0 Å². The van der Waals surface area contributed by atoms with E-state index in [4.69, 9.17) is 0 Å². The third-order valence-electron chi connectivity index (χ3n) is 5.60. The first kappa shape index (κ1) is 23.1. The Bertz CT molecular complexity index is 796. The van der Waals surface area contributed by atoms with Crippen LogP contribution in [0.2, 0.25) is 0 Å². The first-order valence-electron chi connectivity index (χ1n) is 9.95. The van der Waals surface area contributed by atoms with E-state index in [-0.39, 0.29) is 5.92 Å². The average Bonchev–Trinajstić information content (AvgIpc) is 2.67. The molecule has 4 heteroatoms. The first-order chi connectivity index (χ1) is 13.3. The van der Waals surface area contributed by atoms with E-state index in [1.165, 1.54) is 5.56 Å². The Hall–Kier alpha value is -1.15. The molecule has 0 heterocycles. The summed E-state index contributed by atoms with van der Waals surface area (Å²) in [5.41, 5.74) is 1.96. The maximum absolute atomic E-state index is 10.2. The van der Waals surface area contributed by atoms with Crippen LogP contribution in [-0.2, 0) is 12.0 Å². The van der Waals surface area contributed by atoms with Gasteiger partial charge in [0, 0.05) is 21.5 Å². The number of nitriles is 1. The van der Waals surface area contributed by atoms with Gasteiger partial charge in [-0.25, -0.2) is 0 Å². The predicted octanol–water partition coefficient (Wildman–Crippen LogP) is 7.32. The standard InChI is InChI=1S/C24H30Br2N2/c1-18(2)24(17-27,21-11-12-22(25)23(26)15-21)13-8-14-28(19(3)4)16-20-9-6-5-7-10-20/h5-7,9-12,15,18-19H,8,13-14,16H2,1-4H3. The summed E-state index contributed by atoms with van der Waals surface area (Å²) >= 11 is 7.14. The number of rotatable bonds is 9. The van der Waals surface area contributed by atoms with Crippen LogP contribution in [0.5, 0.6) is 0 Å². The van der Waals surface area contributed by atoms with Gasteiger partial charge in [-0.15, -0.1) is 0 Å². The van der Waals surface area contributed by atoms with Crippen LogP contribution in [0.1, 0.15) is 51.7 Å². The molecular weight excluding hydrogens is 476 g/mol. The van der Waals surface area contributed by atoms with Crippen molar-refractivity contribution in [3.8, 4) is 6.07 Å². The molecule has 0 aliphatic heterocycles. The van der Waals surface area contributed by atoms with Crippen molar-refractivity contribution in [2.45, 2.75) is 58.5 Å². The van der Waals surface area contributed by atoms with E-state index in [0.29, 0.717) is 6.04 Å². The second kappa shape index (κ2) is 10.6. The fourth-order valence-corrected chi connectivity index (χ4v) is 4.31. The fourth-order valence-electron chi connectivity index (χ4n) is 3.69. The minimum Gasteiger partial charge on any atom is -0.297 e. The van der Waals surface area contributed by atoms with Gasteiger partial charge in [0.2, 0.25) is 0 Å². The zero-order valence-electron chi connectivity index (χ0n) is 17.3. The van der Waals surface area contributed by atoms with E-state index in [2.05, 4.69) is 113 Å². The quantitative estimate of drug-likeness (QED) is 0.357. The summed E-state index contributed by atoms with van der Waals surface area (Å²) in [6.07, 6.45) is 1.84. The Morgan fingerprint density at radius 3 is 2.21 bits per heavy atom. The molecule has 0 saturated carbocycles.